The molecule has 0 fully saturated rings. The summed E-state index contributed by atoms with van der Waals surface area (Å²) < 4.78 is 2.13. The van der Waals surface area contributed by atoms with Crippen LogP contribution in [-0.2, 0) is 26.1 Å². The number of aliphatic hydroxyl groups excluding tert-OH is 1. The van der Waals surface area contributed by atoms with E-state index in [4.69, 9.17) is 39.8 Å². The third kappa shape index (κ3) is 10.6. The largest absolute Gasteiger partial charge is 0.390 e. The van der Waals surface area contributed by atoms with Gasteiger partial charge in [-0.2, -0.15) is 0 Å². The van der Waals surface area contributed by atoms with Crippen molar-refractivity contribution < 1.29 is 5.11 Å². The standard InChI is InChI=1S/C44H50Cl2N12O/c1-4-6-16-40-50-42(46)38(57(40)27-31-19-23-33(24-20-31)35-13-9-11-15-37(35)44-51-54-55-52-44)28-58(48)53-43(47)36-14-10-8-12-34(36)32-21-17-30(18-22-32)26-56(25-7-5-2)39(29-59)41(45)49-3/h8-15,17-24,59H,3-7,16,25-29,48H2,1-2H3,(H2,47,53)(H,51,52,54,55)/b41-39-. The number of unbranched alkanes of at least 4 members (excludes halogenated alkanes) is 2. The number of benzene rings is 4. The second kappa shape index (κ2) is 20.7. The predicted molar refractivity (Wildman–Crippen MR) is 237 cm³/mol. The highest BCUT2D eigenvalue weighted by Crippen LogP contribution is 2.31. The number of nitrogens with one attached hydrogen (secondary N) is 1. The van der Waals surface area contributed by atoms with Crippen molar-refractivity contribution in [2.45, 2.75) is 65.6 Å². The first-order valence-electron chi connectivity index (χ1n) is 19.7. The highest BCUT2D eigenvalue weighted by Gasteiger charge is 2.20. The number of hydrogen-bond acceptors (Lipinski definition) is 10. The Labute approximate surface area is 355 Å². The van der Waals surface area contributed by atoms with Gasteiger partial charge in [-0.3, -0.25) is 4.99 Å². The molecule has 13 nitrogen and oxygen atoms in total. The van der Waals surface area contributed by atoms with E-state index in [9.17, 15) is 5.11 Å². The molecule has 15 heteroatoms. The number of aliphatic imine (C=N–C) groups is 1. The average molecular weight is 834 g/mol. The highest BCUT2D eigenvalue weighted by atomic mass is 35.5. The van der Waals surface area contributed by atoms with E-state index in [0.717, 1.165) is 94.7 Å². The predicted octanol–water partition coefficient (Wildman–Crippen LogP) is 8.14. The second-order valence-corrected chi connectivity index (χ2v) is 14.8. The summed E-state index contributed by atoms with van der Waals surface area (Å²) in [5.74, 6) is 8.33. The number of H-pyrrole nitrogens is 1. The number of halogens is 2. The Morgan fingerprint density at radius 3 is 2.15 bits per heavy atom. The summed E-state index contributed by atoms with van der Waals surface area (Å²) in [6, 6.07) is 32.4. The normalized spacial score (nSPS) is 12.1. The minimum atomic E-state index is -0.229. The van der Waals surface area contributed by atoms with Gasteiger partial charge in [0.1, 0.15) is 11.0 Å². The van der Waals surface area contributed by atoms with Gasteiger partial charge in [-0.05, 0) is 63.4 Å². The van der Waals surface area contributed by atoms with Gasteiger partial charge in [0.25, 0.3) is 0 Å². The quantitative estimate of drug-likeness (QED) is 0.0195. The number of imidazole rings is 1. The lowest BCUT2D eigenvalue weighted by molar-refractivity contribution is 0.242. The molecule has 0 saturated heterocycles. The van der Waals surface area contributed by atoms with E-state index in [1.807, 2.05) is 59.5 Å². The lowest BCUT2D eigenvalue weighted by atomic mass is 9.98. The zero-order chi connectivity index (χ0) is 41.7. The molecule has 0 spiro atoms. The number of rotatable bonds is 20. The number of tetrazole rings is 1. The molecule has 306 valence electrons. The lowest BCUT2D eigenvalue weighted by Gasteiger charge is -2.27. The smallest absolute Gasteiger partial charge is 0.180 e. The van der Waals surface area contributed by atoms with E-state index in [0.29, 0.717) is 29.8 Å². The third-order valence-corrected chi connectivity index (χ3v) is 10.7. The lowest BCUT2D eigenvalue weighted by Crippen LogP contribution is -2.30. The molecule has 4 aromatic carbocycles. The molecule has 6 rings (SSSR count). The number of nitrogens with zero attached hydrogens (tertiary/aromatic N) is 9. The number of aryl methyl sites for hydroxylation is 1. The van der Waals surface area contributed by atoms with Crippen molar-refractivity contribution in [3.63, 3.8) is 0 Å². The fourth-order valence-electron chi connectivity index (χ4n) is 6.95. The van der Waals surface area contributed by atoms with Crippen LogP contribution in [0, 0.1) is 0 Å². The maximum atomic E-state index is 10.1. The van der Waals surface area contributed by atoms with E-state index < -0.39 is 0 Å². The minimum absolute atomic E-state index is 0.177. The summed E-state index contributed by atoms with van der Waals surface area (Å²) in [5.41, 5.74) is 15.7. The van der Waals surface area contributed by atoms with Gasteiger partial charge in [-0.1, -0.05) is 147 Å². The van der Waals surface area contributed by atoms with Crippen molar-refractivity contribution in [1.29, 1.82) is 0 Å². The van der Waals surface area contributed by atoms with E-state index >= 15 is 0 Å². The fraction of sp³-hybridized carbons (Fsp3) is 0.273. The van der Waals surface area contributed by atoms with Crippen LogP contribution >= 0.6 is 23.2 Å². The van der Waals surface area contributed by atoms with E-state index in [1.54, 1.807) is 0 Å². The Hall–Kier alpha value is -5.86. The maximum absolute atomic E-state index is 10.1. The van der Waals surface area contributed by atoms with Gasteiger partial charge >= 0.3 is 0 Å². The number of aliphatic hydroxyl groups is 1. The van der Waals surface area contributed by atoms with Crippen LogP contribution in [0.2, 0.25) is 5.15 Å². The molecule has 0 amide bonds. The first-order valence-corrected chi connectivity index (χ1v) is 20.4. The van der Waals surface area contributed by atoms with Crippen molar-refractivity contribution >= 4 is 35.8 Å². The summed E-state index contributed by atoms with van der Waals surface area (Å²) in [4.78, 5) is 10.7. The zero-order valence-electron chi connectivity index (χ0n) is 33.4. The maximum Gasteiger partial charge on any atom is 0.180 e. The molecular weight excluding hydrogens is 783 g/mol. The van der Waals surface area contributed by atoms with Crippen LogP contribution in [0.15, 0.2) is 118 Å². The van der Waals surface area contributed by atoms with Crippen molar-refractivity contribution in [2.75, 3.05) is 13.2 Å². The molecule has 0 atom stereocenters. The molecule has 2 aromatic heterocycles. The van der Waals surface area contributed by atoms with Gasteiger partial charge in [-0.25, -0.2) is 21.0 Å². The number of hydrazone groups is 1. The summed E-state index contributed by atoms with van der Waals surface area (Å²) >= 11 is 13.2. The highest BCUT2D eigenvalue weighted by molar-refractivity contribution is 6.30. The van der Waals surface area contributed by atoms with Crippen molar-refractivity contribution in [3.05, 3.63) is 141 Å². The molecule has 0 aliphatic heterocycles. The first kappa shape index (κ1) is 42.7. The molecule has 0 bridgehead atoms. The number of nitrogens with two attached hydrogens (primary N) is 2. The van der Waals surface area contributed by atoms with Gasteiger partial charge in [0.15, 0.2) is 16.8 Å². The topological polar surface area (TPSA) is 176 Å². The van der Waals surface area contributed by atoms with Crippen LogP contribution in [0.3, 0.4) is 0 Å². The summed E-state index contributed by atoms with van der Waals surface area (Å²) in [6.07, 6.45) is 4.69. The SMILES string of the molecule is C=N/C(Cl)=C(/CO)N(CCCC)Cc1ccc(-c2ccccc2/C(N)=N/N(N)Cc2c(Cl)nc(CCCC)n2Cc2ccc(-c3ccccc3-c3nnn[nH]3)cc2)cc1. The van der Waals surface area contributed by atoms with Gasteiger partial charge in [-0.15, -0.1) is 10.2 Å². The molecule has 0 saturated carbocycles. The van der Waals surface area contributed by atoms with Crippen LogP contribution in [0.1, 0.15) is 67.7 Å². The number of amidine groups is 1. The van der Waals surface area contributed by atoms with Gasteiger partial charge in [0, 0.05) is 37.2 Å². The molecule has 0 radical (unpaired) electrons. The Morgan fingerprint density at radius 2 is 1.51 bits per heavy atom. The zero-order valence-corrected chi connectivity index (χ0v) is 34.9. The van der Waals surface area contributed by atoms with Crippen LogP contribution in [-0.4, -0.2) is 71.0 Å². The number of aromatic nitrogens is 6. The fourth-order valence-corrected chi connectivity index (χ4v) is 7.39. The van der Waals surface area contributed by atoms with Crippen molar-refractivity contribution in [2.24, 2.45) is 21.7 Å². The van der Waals surface area contributed by atoms with Crippen molar-refractivity contribution in [1.82, 2.24) is 40.2 Å². The molecular formula is C44H50Cl2N12O. The molecule has 0 aliphatic carbocycles. The Bertz CT molecular complexity index is 2360. The molecule has 59 heavy (non-hydrogen) atoms. The van der Waals surface area contributed by atoms with Crippen LogP contribution in [0.25, 0.3) is 33.6 Å². The monoisotopic (exact) mass is 832 g/mol. The summed E-state index contributed by atoms with van der Waals surface area (Å²) in [6.45, 7) is 9.58. The Balaban J connectivity index is 1.21. The molecule has 0 unspecified atom stereocenters. The summed E-state index contributed by atoms with van der Waals surface area (Å²) in [5, 5.41) is 31.1. The second-order valence-electron chi connectivity index (χ2n) is 14.1. The van der Waals surface area contributed by atoms with E-state index in [-0.39, 0.29) is 24.1 Å². The molecule has 2 heterocycles. The molecule has 6 N–H and O–H groups in total. The Morgan fingerprint density at radius 1 is 0.864 bits per heavy atom. The molecule has 0 aliphatic rings. The number of hydrazine groups is 1. The number of aromatic amines is 1. The minimum Gasteiger partial charge on any atom is -0.390 e. The average Bonchev–Trinajstić information content (AvgIpc) is 3.90. The van der Waals surface area contributed by atoms with Gasteiger partial charge in [0.2, 0.25) is 0 Å². The Kier molecular flexibility index (Phi) is 15.0. The molecule has 6 aromatic rings. The van der Waals surface area contributed by atoms with E-state index in [2.05, 4.69) is 98.3 Å². The van der Waals surface area contributed by atoms with Crippen molar-refractivity contribution in [3.8, 4) is 33.6 Å². The van der Waals surface area contributed by atoms with Gasteiger partial charge in [0.05, 0.1) is 24.5 Å². The van der Waals surface area contributed by atoms with Crippen LogP contribution in [0.4, 0.5) is 0 Å². The third-order valence-electron chi connectivity index (χ3n) is 10.1. The van der Waals surface area contributed by atoms with Crippen LogP contribution in [0.5, 0.6) is 0 Å². The van der Waals surface area contributed by atoms with Gasteiger partial charge < -0.3 is 20.3 Å². The summed E-state index contributed by atoms with van der Waals surface area (Å²) in [7, 11) is 0. The first-order chi connectivity index (χ1) is 28.7. The van der Waals surface area contributed by atoms with Crippen LogP contribution < -0.4 is 11.6 Å². The van der Waals surface area contributed by atoms with E-state index in [1.165, 1.54) is 5.12 Å². The number of hydrogen-bond donors (Lipinski definition) is 4.